The Morgan fingerprint density at radius 3 is 2.00 bits per heavy atom. The van der Waals surface area contributed by atoms with E-state index in [0.717, 1.165) is 41.4 Å². The standard InChI is InChI=1S/C24H42/c1-2-3-9-20-17-16-19-11-5-7-14-22(19)24(20)23-15-8-12-18-10-4-6-13-21(18)23/h18-24H,2-17H2,1H3. The smallest absolute Gasteiger partial charge is 0.0324 e. The van der Waals surface area contributed by atoms with E-state index in [0.29, 0.717) is 0 Å². The Labute approximate surface area is 151 Å². The van der Waals surface area contributed by atoms with Crippen molar-refractivity contribution in [1.82, 2.24) is 0 Å². The van der Waals surface area contributed by atoms with Crippen molar-refractivity contribution < 1.29 is 0 Å². The van der Waals surface area contributed by atoms with Crippen LogP contribution in [0.25, 0.3) is 0 Å². The lowest BCUT2D eigenvalue weighted by Gasteiger charge is -2.54. The summed E-state index contributed by atoms with van der Waals surface area (Å²) in [4.78, 5) is 0. The van der Waals surface area contributed by atoms with Gasteiger partial charge >= 0.3 is 0 Å². The number of rotatable bonds is 4. The van der Waals surface area contributed by atoms with Crippen molar-refractivity contribution >= 4 is 0 Å². The zero-order chi connectivity index (χ0) is 16.4. The van der Waals surface area contributed by atoms with Crippen LogP contribution >= 0.6 is 0 Å². The predicted octanol–water partition coefficient (Wildman–Crippen LogP) is 7.62. The summed E-state index contributed by atoms with van der Waals surface area (Å²) in [6.07, 6.45) is 25.0. The quantitative estimate of drug-likeness (QED) is 0.497. The van der Waals surface area contributed by atoms with Crippen molar-refractivity contribution in [3.8, 4) is 0 Å². The Balaban J connectivity index is 1.56. The van der Waals surface area contributed by atoms with Crippen LogP contribution in [-0.4, -0.2) is 0 Å². The maximum atomic E-state index is 2.40. The van der Waals surface area contributed by atoms with Crippen molar-refractivity contribution in [2.24, 2.45) is 41.4 Å². The van der Waals surface area contributed by atoms with Gasteiger partial charge in [0.05, 0.1) is 0 Å². The Kier molecular flexibility index (Phi) is 5.90. The molecule has 0 spiro atoms. The second-order valence-corrected chi connectivity index (χ2v) is 10.1. The summed E-state index contributed by atoms with van der Waals surface area (Å²) < 4.78 is 0. The second kappa shape index (κ2) is 8.13. The lowest BCUT2D eigenvalue weighted by Crippen LogP contribution is -2.46. The molecule has 138 valence electrons. The lowest BCUT2D eigenvalue weighted by molar-refractivity contribution is -0.0438. The van der Waals surface area contributed by atoms with Crippen LogP contribution in [0.4, 0.5) is 0 Å². The Bertz CT molecular complexity index is 383. The summed E-state index contributed by atoms with van der Waals surface area (Å²) in [5, 5.41) is 0. The first-order chi connectivity index (χ1) is 11.9. The maximum Gasteiger partial charge on any atom is -0.0324 e. The van der Waals surface area contributed by atoms with Crippen LogP contribution in [0, 0.1) is 41.4 Å². The van der Waals surface area contributed by atoms with Crippen LogP contribution in [0.2, 0.25) is 0 Å². The Morgan fingerprint density at radius 1 is 0.583 bits per heavy atom. The van der Waals surface area contributed by atoms with Crippen LogP contribution in [-0.2, 0) is 0 Å². The minimum absolute atomic E-state index is 1.11. The van der Waals surface area contributed by atoms with Gasteiger partial charge in [-0.3, -0.25) is 0 Å². The van der Waals surface area contributed by atoms with E-state index in [1.54, 1.807) is 89.9 Å². The first-order valence-electron chi connectivity index (χ1n) is 11.9. The van der Waals surface area contributed by atoms with E-state index in [-0.39, 0.29) is 0 Å². The van der Waals surface area contributed by atoms with Gasteiger partial charge in [-0.1, -0.05) is 77.6 Å². The van der Waals surface area contributed by atoms with Gasteiger partial charge in [-0.25, -0.2) is 0 Å². The third-order valence-electron chi connectivity index (χ3n) is 8.97. The fourth-order valence-electron chi connectivity index (χ4n) is 8.01. The molecular weight excluding hydrogens is 288 g/mol. The number of hydrogen-bond donors (Lipinski definition) is 0. The SMILES string of the molecule is CCCCC1CCC2CCCCC2C1C1CCCC2CCCCC21. The summed E-state index contributed by atoms with van der Waals surface area (Å²) >= 11 is 0. The fourth-order valence-corrected chi connectivity index (χ4v) is 8.01. The molecule has 0 heteroatoms. The molecule has 0 aromatic heterocycles. The zero-order valence-electron chi connectivity index (χ0n) is 16.4. The molecule has 0 aromatic rings. The minimum atomic E-state index is 1.11. The van der Waals surface area contributed by atoms with Crippen LogP contribution in [0.1, 0.15) is 110 Å². The topological polar surface area (TPSA) is 0 Å². The van der Waals surface area contributed by atoms with Crippen LogP contribution in [0.5, 0.6) is 0 Å². The molecular formula is C24H42. The normalized spacial score (nSPS) is 46.1. The predicted molar refractivity (Wildman–Crippen MR) is 104 cm³/mol. The molecule has 0 nitrogen and oxygen atoms in total. The molecule has 0 radical (unpaired) electrons. The van der Waals surface area contributed by atoms with Crippen molar-refractivity contribution in [2.45, 2.75) is 110 Å². The zero-order valence-corrected chi connectivity index (χ0v) is 16.4. The number of hydrogen-bond acceptors (Lipinski definition) is 0. The van der Waals surface area contributed by atoms with Gasteiger partial charge in [0, 0.05) is 0 Å². The third kappa shape index (κ3) is 3.45. The molecule has 4 aliphatic carbocycles. The van der Waals surface area contributed by atoms with Gasteiger partial charge in [0.1, 0.15) is 0 Å². The minimum Gasteiger partial charge on any atom is -0.0654 e. The highest BCUT2D eigenvalue weighted by molar-refractivity contribution is 4.97. The van der Waals surface area contributed by atoms with Crippen molar-refractivity contribution in [3.63, 3.8) is 0 Å². The molecule has 0 saturated heterocycles. The highest BCUT2D eigenvalue weighted by atomic mass is 14.5. The van der Waals surface area contributed by atoms with E-state index in [4.69, 9.17) is 0 Å². The number of unbranched alkanes of at least 4 members (excludes halogenated alkanes) is 1. The maximum absolute atomic E-state index is 2.40. The highest BCUT2D eigenvalue weighted by Gasteiger charge is 2.47. The lowest BCUT2D eigenvalue weighted by atomic mass is 9.51. The molecule has 0 aliphatic heterocycles. The molecule has 4 aliphatic rings. The fraction of sp³-hybridized carbons (Fsp3) is 1.00. The van der Waals surface area contributed by atoms with Gasteiger partial charge in [-0.2, -0.15) is 0 Å². The molecule has 0 aromatic carbocycles. The van der Waals surface area contributed by atoms with Crippen molar-refractivity contribution in [1.29, 1.82) is 0 Å². The van der Waals surface area contributed by atoms with Gasteiger partial charge < -0.3 is 0 Å². The van der Waals surface area contributed by atoms with Crippen molar-refractivity contribution in [3.05, 3.63) is 0 Å². The first-order valence-corrected chi connectivity index (χ1v) is 11.9. The summed E-state index contributed by atoms with van der Waals surface area (Å²) in [6, 6.07) is 0. The van der Waals surface area contributed by atoms with Gasteiger partial charge in [0.15, 0.2) is 0 Å². The third-order valence-corrected chi connectivity index (χ3v) is 8.97. The molecule has 4 saturated carbocycles. The molecule has 0 N–H and O–H groups in total. The Morgan fingerprint density at radius 2 is 1.21 bits per heavy atom. The van der Waals surface area contributed by atoms with Crippen LogP contribution in [0.15, 0.2) is 0 Å². The van der Waals surface area contributed by atoms with Crippen molar-refractivity contribution in [2.75, 3.05) is 0 Å². The summed E-state index contributed by atoms with van der Waals surface area (Å²) in [7, 11) is 0. The van der Waals surface area contributed by atoms with Gasteiger partial charge in [-0.15, -0.1) is 0 Å². The number of fused-ring (bicyclic) bond motifs is 2. The summed E-state index contributed by atoms with van der Waals surface area (Å²) in [5.41, 5.74) is 0. The van der Waals surface area contributed by atoms with E-state index in [1.165, 1.54) is 12.8 Å². The monoisotopic (exact) mass is 330 g/mol. The van der Waals surface area contributed by atoms with Crippen LogP contribution < -0.4 is 0 Å². The van der Waals surface area contributed by atoms with Gasteiger partial charge in [0.2, 0.25) is 0 Å². The molecule has 4 fully saturated rings. The molecule has 7 unspecified atom stereocenters. The largest absolute Gasteiger partial charge is 0.0654 e. The summed E-state index contributed by atoms with van der Waals surface area (Å²) in [5.74, 6) is 7.93. The second-order valence-electron chi connectivity index (χ2n) is 10.1. The molecule has 0 heterocycles. The molecule has 4 rings (SSSR count). The highest BCUT2D eigenvalue weighted by Crippen LogP contribution is 2.56. The van der Waals surface area contributed by atoms with Gasteiger partial charge in [-0.05, 0) is 73.5 Å². The molecule has 7 atom stereocenters. The average Bonchev–Trinajstić information content (AvgIpc) is 2.65. The van der Waals surface area contributed by atoms with Gasteiger partial charge in [0.25, 0.3) is 0 Å². The van der Waals surface area contributed by atoms with E-state index in [9.17, 15) is 0 Å². The van der Waals surface area contributed by atoms with Crippen LogP contribution in [0.3, 0.4) is 0 Å². The van der Waals surface area contributed by atoms with E-state index >= 15 is 0 Å². The van der Waals surface area contributed by atoms with E-state index in [2.05, 4.69) is 6.92 Å². The molecule has 0 amide bonds. The first kappa shape index (κ1) is 17.4. The molecule has 24 heavy (non-hydrogen) atoms. The Hall–Kier alpha value is 0. The summed E-state index contributed by atoms with van der Waals surface area (Å²) in [6.45, 7) is 2.40. The molecule has 0 bridgehead atoms. The van der Waals surface area contributed by atoms with E-state index in [1.807, 2.05) is 0 Å². The van der Waals surface area contributed by atoms with E-state index < -0.39 is 0 Å². The average molecular weight is 331 g/mol.